The highest BCUT2D eigenvalue weighted by Crippen LogP contribution is 2.33. The van der Waals surface area contributed by atoms with Gasteiger partial charge in [-0.1, -0.05) is 48.5 Å². The van der Waals surface area contributed by atoms with Crippen molar-refractivity contribution in [1.29, 1.82) is 0 Å². The van der Waals surface area contributed by atoms with Gasteiger partial charge < -0.3 is 4.57 Å². The third-order valence-corrected chi connectivity index (χ3v) is 3.74. The summed E-state index contributed by atoms with van der Waals surface area (Å²) in [7, 11) is 0. The van der Waals surface area contributed by atoms with Crippen LogP contribution in [0.1, 0.15) is 5.56 Å². The molecule has 0 spiro atoms. The highest BCUT2D eigenvalue weighted by molar-refractivity contribution is 5.98. The number of benzene rings is 2. The Morgan fingerprint density at radius 3 is 2.74 bits per heavy atom. The normalized spacial score (nSPS) is 13.7. The summed E-state index contributed by atoms with van der Waals surface area (Å²) in [5, 5.41) is 1.33. The van der Waals surface area contributed by atoms with Crippen LogP contribution in [0.5, 0.6) is 0 Å². The largest absolute Gasteiger partial charge is 0.341 e. The van der Waals surface area contributed by atoms with Crippen LogP contribution < -0.4 is 0 Å². The van der Waals surface area contributed by atoms with Crippen molar-refractivity contribution in [1.82, 2.24) is 4.57 Å². The summed E-state index contributed by atoms with van der Waals surface area (Å²) in [4.78, 5) is 4.44. The maximum atomic E-state index is 4.44. The van der Waals surface area contributed by atoms with Gasteiger partial charge in [-0.15, -0.1) is 0 Å². The number of aromatic nitrogens is 1. The van der Waals surface area contributed by atoms with E-state index in [1.54, 1.807) is 0 Å². The summed E-state index contributed by atoms with van der Waals surface area (Å²) in [5.74, 6) is 0. The molecule has 19 heavy (non-hydrogen) atoms. The monoisotopic (exact) mass is 246 g/mol. The van der Waals surface area contributed by atoms with Gasteiger partial charge in [0.15, 0.2) is 0 Å². The molecule has 3 aromatic rings. The molecule has 0 amide bonds. The average molecular weight is 246 g/mol. The van der Waals surface area contributed by atoms with Crippen molar-refractivity contribution < 1.29 is 0 Å². The molecule has 0 saturated heterocycles. The van der Waals surface area contributed by atoms with Crippen molar-refractivity contribution in [2.24, 2.45) is 4.99 Å². The summed E-state index contributed by atoms with van der Waals surface area (Å²) in [6.07, 6.45) is 4.26. The van der Waals surface area contributed by atoms with Crippen molar-refractivity contribution in [3.05, 3.63) is 60.3 Å². The maximum absolute atomic E-state index is 4.44. The number of hydrogen-bond acceptors (Lipinski definition) is 1. The van der Waals surface area contributed by atoms with E-state index in [1.165, 1.54) is 27.6 Å². The van der Waals surface area contributed by atoms with E-state index in [0.29, 0.717) is 0 Å². The van der Waals surface area contributed by atoms with E-state index in [9.17, 15) is 0 Å². The Kier molecular flexibility index (Phi) is 2.27. The van der Waals surface area contributed by atoms with E-state index in [4.69, 9.17) is 0 Å². The zero-order chi connectivity index (χ0) is 12.7. The lowest BCUT2D eigenvalue weighted by Crippen LogP contribution is -1.95. The lowest BCUT2D eigenvalue weighted by atomic mass is 10.0. The molecular formula is C17H14N2. The molecule has 0 N–H and O–H groups in total. The molecule has 0 saturated carbocycles. The molecule has 2 heteroatoms. The highest BCUT2D eigenvalue weighted by atomic mass is 15.0. The second-order valence-electron chi connectivity index (χ2n) is 4.90. The molecule has 0 bridgehead atoms. The topological polar surface area (TPSA) is 17.3 Å². The molecule has 2 nitrogen and oxygen atoms in total. The van der Waals surface area contributed by atoms with Crippen molar-refractivity contribution in [2.75, 3.05) is 0 Å². The molecular weight excluding hydrogens is 232 g/mol. The number of hydrogen-bond donors (Lipinski definition) is 0. The van der Waals surface area contributed by atoms with Gasteiger partial charge in [-0.05, 0) is 11.1 Å². The van der Waals surface area contributed by atoms with Crippen LogP contribution in [0.4, 0.5) is 0 Å². The average Bonchev–Trinajstić information content (AvgIpc) is 2.71. The van der Waals surface area contributed by atoms with E-state index >= 15 is 0 Å². The lowest BCUT2D eigenvalue weighted by Gasteiger charge is -2.02. The number of nitrogens with zero attached hydrogens (tertiary/aromatic N) is 2. The minimum atomic E-state index is 0.787. The summed E-state index contributed by atoms with van der Waals surface area (Å²) in [6, 6.07) is 17.1. The predicted octanol–water partition coefficient (Wildman–Crippen LogP) is 3.89. The Balaban J connectivity index is 2.06. The van der Waals surface area contributed by atoms with Crippen LogP contribution in [0, 0.1) is 0 Å². The van der Waals surface area contributed by atoms with E-state index in [0.717, 1.165) is 13.1 Å². The number of aliphatic imine (C=N–C) groups is 1. The van der Waals surface area contributed by atoms with Crippen LogP contribution in [0.3, 0.4) is 0 Å². The van der Waals surface area contributed by atoms with Crippen molar-refractivity contribution >= 4 is 17.1 Å². The van der Waals surface area contributed by atoms with Crippen LogP contribution >= 0.6 is 0 Å². The summed E-state index contributed by atoms with van der Waals surface area (Å²) < 4.78 is 2.31. The van der Waals surface area contributed by atoms with E-state index < -0.39 is 0 Å². The summed E-state index contributed by atoms with van der Waals surface area (Å²) >= 11 is 0. The van der Waals surface area contributed by atoms with Crippen LogP contribution in [0.2, 0.25) is 0 Å². The van der Waals surface area contributed by atoms with E-state index in [1.807, 2.05) is 6.21 Å². The van der Waals surface area contributed by atoms with Gasteiger partial charge >= 0.3 is 0 Å². The fraction of sp³-hybridized carbons (Fsp3) is 0.118. The fourth-order valence-electron chi connectivity index (χ4n) is 2.87. The first-order chi connectivity index (χ1) is 9.43. The zero-order valence-electron chi connectivity index (χ0n) is 10.6. The molecule has 0 radical (unpaired) electrons. The van der Waals surface area contributed by atoms with Crippen molar-refractivity contribution in [2.45, 2.75) is 13.1 Å². The Labute approximate surface area is 112 Å². The van der Waals surface area contributed by atoms with Gasteiger partial charge in [0, 0.05) is 23.4 Å². The Morgan fingerprint density at radius 2 is 1.84 bits per heavy atom. The smallest absolute Gasteiger partial charge is 0.0657 e. The molecule has 1 aromatic heterocycles. The first-order valence-corrected chi connectivity index (χ1v) is 6.58. The van der Waals surface area contributed by atoms with E-state index in [2.05, 4.69) is 64.3 Å². The molecule has 1 aliphatic rings. The molecule has 0 aliphatic carbocycles. The van der Waals surface area contributed by atoms with Gasteiger partial charge in [-0.2, -0.15) is 0 Å². The Hall–Kier alpha value is -2.35. The standard InChI is InChI=1S/C17H14N2/c1-2-5-13(6-3-1)16-12-19-10-9-18-11-14-7-4-8-15(16)17(14)19/h1-9,12H,10-11H2. The molecule has 2 heterocycles. The fourth-order valence-corrected chi connectivity index (χ4v) is 2.87. The molecule has 0 atom stereocenters. The highest BCUT2D eigenvalue weighted by Gasteiger charge is 2.13. The first kappa shape index (κ1) is 10.6. The van der Waals surface area contributed by atoms with Gasteiger partial charge in [0.25, 0.3) is 0 Å². The molecule has 92 valence electrons. The molecule has 2 aromatic carbocycles. The minimum Gasteiger partial charge on any atom is -0.341 e. The molecule has 4 rings (SSSR count). The number of para-hydroxylation sites is 1. The van der Waals surface area contributed by atoms with Crippen molar-refractivity contribution in [3.63, 3.8) is 0 Å². The van der Waals surface area contributed by atoms with E-state index in [-0.39, 0.29) is 0 Å². The second-order valence-corrected chi connectivity index (χ2v) is 4.90. The summed E-state index contributed by atoms with van der Waals surface area (Å²) in [6.45, 7) is 1.65. The van der Waals surface area contributed by atoms with Gasteiger partial charge in [0.2, 0.25) is 0 Å². The molecule has 0 unspecified atom stereocenters. The maximum Gasteiger partial charge on any atom is 0.0657 e. The Morgan fingerprint density at radius 1 is 0.947 bits per heavy atom. The van der Waals surface area contributed by atoms with Gasteiger partial charge in [0.1, 0.15) is 0 Å². The van der Waals surface area contributed by atoms with Gasteiger partial charge in [0.05, 0.1) is 18.6 Å². The van der Waals surface area contributed by atoms with Crippen molar-refractivity contribution in [3.8, 4) is 11.1 Å². The molecule has 0 fully saturated rings. The van der Waals surface area contributed by atoms with Crippen LogP contribution in [0.25, 0.3) is 22.0 Å². The zero-order valence-corrected chi connectivity index (χ0v) is 10.6. The Bertz CT molecular complexity index is 767. The first-order valence-electron chi connectivity index (χ1n) is 6.58. The second kappa shape index (κ2) is 4.09. The minimum absolute atomic E-state index is 0.787. The van der Waals surface area contributed by atoms with Crippen LogP contribution in [-0.2, 0) is 13.1 Å². The lowest BCUT2D eigenvalue weighted by molar-refractivity contribution is 0.915. The van der Waals surface area contributed by atoms with Crippen LogP contribution in [-0.4, -0.2) is 10.8 Å². The number of rotatable bonds is 1. The SMILES string of the molecule is C1=NCc2cccc3c(-c4ccccc4)cn(c23)C1. The van der Waals surface area contributed by atoms with Crippen LogP contribution in [0.15, 0.2) is 59.7 Å². The predicted molar refractivity (Wildman–Crippen MR) is 79.6 cm³/mol. The quantitative estimate of drug-likeness (QED) is 0.619. The third kappa shape index (κ3) is 1.60. The van der Waals surface area contributed by atoms with Gasteiger partial charge in [-0.25, -0.2) is 0 Å². The molecule has 1 aliphatic heterocycles. The van der Waals surface area contributed by atoms with Gasteiger partial charge in [-0.3, -0.25) is 4.99 Å². The third-order valence-electron chi connectivity index (χ3n) is 3.74. The summed E-state index contributed by atoms with van der Waals surface area (Å²) in [5.41, 5.74) is 5.24.